The standard InChI is InChI=1S/C20H21N3O7S/c1-30-14-2-4-15(5-3-14)31(28,29)21-16-6-7-17-13-8-12(10-23(17)18(16)24)9-22(11-13)19(25)20(26)27/h2-7,12-13,21H,8-11H2,1H3,(H,26,27)/p-1/t12-,13+/m0/s1. The molecule has 1 aromatic heterocycles. The molecule has 10 nitrogen and oxygen atoms in total. The van der Waals surface area contributed by atoms with Gasteiger partial charge < -0.3 is 24.1 Å². The molecule has 0 radical (unpaired) electrons. The number of piperidine rings is 1. The van der Waals surface area contributed by atoms with E-state index in [1.807, 2.05) is 0 Å². The van der Waals surface area contributed by atoms with Crippen LogP contribution in [0.25, 0.3) is 0 Å². The minimum Gasteiger partial charge on any atom is -0.540 e. The maximum absolute atomic E-state index is 13.0. The maximum Gasteiger partial charge on any atom is 0.275 e. The summed E-state index contributed by atoms with van der Waals surface area (Å²) >= 11 is 0. The fraction of sp³-hybridized carbons (Fsp3) is 0.350. The van der Waals surface area contributed by atoms with Crippen LogP contribution in [-0.4, -0.2) is 50.0 Å². The summed E-state index contributed by atoms with van der Waals surface area (Å²) in [6.45, 7) is 0.635. The SMILES string of the molecule is COc1ccc(S(=O)(=O)Nc2ccc3n(c2=O)C[C@H]2C[C@@H]3CN(C(=O)C(=O)[O-])C2)cc1. The van der Waals surface area contributed by atoms with E-state index in [1.165, 1.54) is 46.9 Å². The number of hydrogen-bond acceptors (Lipinski definition) is 7. The van der Waals surface area contributed by atoms with Gasteiger partial charge in [0, 0.05) is 31.2 Å². The van der Waals surface area contributed by atoms with Gasteiger partial charge in [-0.2, -0.15) is 0 Å². The lowest BCUT2D eigenvalue weighted by Crippen LogP contribution is -2.53. The Kier molecular flexibility index (Phi) is 5.21. The van der Waals surface area contributed by atoms with Gasteiger partial charge in [-0.1, -0.05) is 0 Å². The van der Waals surface area contributed by atoms with Crippen molar-refractivity contribution in [3.05, 3.63) is 52.4 Å². The van der Waals surface area contributed by atoms with Crippen molar-refractivity contribution in [2.24, 2.45) is 5.92 Å². The molecule has 1 N–H and O–H groups in total. The van der Waals surface area contributed by atoms with E-state index in [9.17, 15) is 27.9 Å². The topological polar surface area (TPSA) is 138 Å². The van der Waals surface area contributed by atoms with Gasteiger partial charge in [0.2, 0.25) is 0 Å². The van der Waals surface area contributed by atoms with Gasteiger partial charge in [-0.25, -0.2) is 8.42 Å². The zero-order valence-corrected chi connectivity index (χ0v) is 17.4. The number of nitrogens with one attached hydrogen (secondary N) is 1. The van der Waals surface area contributed by atoms with E-state index in [0.717, 1.165) is 0 Å². The highest BCUT2D eigenvalue weighted by Crippen LogP contribution is 2.35. The molecule has 2 atom stereocenters. The largest absolute Gasteiger partial charge is 0.540 e. The Labute approximate surface area is 178 Å². The first kappa shape index (κ1) is 20.9. The second-order valence-electron chi connectivity index (χ2n) is 7.66. The number of hydrogen-bond donors (Lipinski definition) is 1. The van der Waals surface area contributed by atoms with E-state index in [2.05, 4.69) is 4.72 Å². The Hall–Kier alpha value is -3.34. The lowest BCUT2D eigenvalue weighted by atomic mass is 9.83. The van der Waals surface area contributed by atoms with E-state index in [0.29, 0.717) is 17.9 Å². The van der Waals surface area contributed by atoms with Crippen LogP contribution in [0.1, 0.15) is 18.0 Å². The number of pyridine rings is 1. The minimum absolute atomic E-state index is 0.0104. The lowest BCUT2D eigenvalue weighted by Gasteiger charge is -2.42. The lowest BCUT2D eigenvalue weighted by molar-refractivity contribution is -0.302. The molecule has 1 fully saturated rings. The molecule has 2 aliphatic heterocycles. The van der Waals surface area contributed by atoms with Crippen LogP contribution in [0.5, 0.6) is 5.75 Å². The first-order valence-electron chi connectivity index (χ1n) is 9.60. The quantitative estimate of drug-likeness (QED) is 0.616. The Morgan fingerprint density at radius 3 is 2.45 bits per heavy atom. The second kappa shape index (κ2) is 7.73. The molecule has 0 saturated carbocycles. The van der Waals surface area contributed by atoms with Crippen molar-refractivity contribution < 1.29 is 27.9 Å². The van der Waals surface area contributed by atoms with Crippen LogP contribution in [0.15, 0.2) is 46.1 Å². The van der Waals surface area contributed by atoms with Crippen molar-refractivity contribution in [1.29, 1.82) is 0 Å². The number of aliphatic carboxylic acids is 1. The van der Waals surface area contributed by atoms with Crippen LogP contribution >= 0.6 is 0 Å². The van der Waals surface area contributed by atoms with Crippen LogP contribution in [-0.2, 0) is 26.2 Å². The molecule has 2 aromatic rings. The number of benzene rings is 1. The summed E-state index contributed by atoms with van der Waals surface area (Å²) in [7, 11) is -2.51. The molecule has 2 bridgehead atoms. The minimum atomic E-state index is -3.98. The normalized spacial score (nSPS) is 20.0. The predicted octanol–water partition coefficient (Wildman–Crippen LogP) is -0.647. The molecule has 164 valence electrons. The summed E-state index contributed by atoms with van der Waals surface area (Å²) in [4.78, 5) is 37.0. The van der Waals surface area contributed by atoms with Crippen molar-refractivity contribution in [3.63, 3.8) is 0 Å². The van der Waals surface area contributed by atoms with Gasteiger partial charge in [0.25, 0.3) is 21.5 Å². The molecule has 1 amide bonds. The Bertz CT molecular complexity index is 1200. The van der Waals surface area contributed by atoms with Crippen molar-refractivity contribution in [2.75, 3.05) is 24.9 Å². The highest BCUT2D eigenvalue weighted by atomic mass is 32.2. The number of carboxylic acid groups (broad SMARTS) is 1. The number of fused-ring (bicyclic) bond motifs is 4. The number of nitrogens with zero attached hydrogens (tertiary/aromatic N) is 2. The molecule has 1 aromatic carbocycles. The number of carboxylic acids is 1. The number of carbonyl (C=O) groups excluding carboxylic acids is 2. The Balaban J connectivity index is 1.61. The summed E-state index contributed by atoms with van der Waals surface area (Å²) in [5, 5.41) is 10.9. The number of rotatable bonds is 4. The number of ether oxygens (including phenoxy) is 1. The molecule has 31 heavy (non-hydrogen) atoms. The molecule has 0 unspecified atom stereocenters. The predicted molar refractivity (Wildman–Crippen MR) is 107 cm³/mol. The summed E-state index contributed by atoms with van der Waals surface area (Å²) in [5.41, 5.74) is 0.0793. The molecule has 11 heteroatoms. The summed E-state index contributed by atoms with van der Waals surface area (Å²) in [6.07, 6.45) is 0.715. The zero-order chi connectivity index (χ0) is 22.3. The van der Waals surface area contributed by atoms with Gasteiger partial charge in [-0.3, -0.25) is 14.3 Å². The van der Waals surface area contributed by atoms with Crippen LogP contribution in [0.4, 0.5) is 5.69 Å². The van der Waals surface area contributed by atoms with E-state index in [4.69, 9.17) is 4.74 Å². The monoisotopic (exact) mass is 446 g/mol. The van der Waals surface area contributed by atoms with Crippen LogP contribution in [0.3, 0.4) is 0 Å². The van der Waals surface area contributed by atoms with Crippen molar-refractivity contribution in [1.82, 2.24) is 9.47 Å². The number of aromatic nitrogens is 1. The number of anilines is 1. The summed E-state index contributed by atoms with van der Waals surface area (Å²) in [6, 6.07) is 8.82. The van der Waals surface area contributed by atoms with Gasteiger partial charge in [0.15, 0.2) is 0 Å². The fourth-order valence-electron chi connectivity index (χ4n) is 4.28. The molecule has 4 rings (SSSR count). The first-order valence-corrected chi connectivity index (χ1v) is 11.1. The molecule has 1 saturated heterocycles. The van der Waals surface area contributed by atoms with E-state index in [1.54, 1.807) is 6.07 Å². The average Bonchev–Trinajstić information content (AvgIpc) is 2.75. The maximum atomic E-state index is 13.0. The molecule has 0 aliphatic carbocycles. The second-order valence-corrected chi connectivity index (χ2v) is 9.35. The van der Waals surface area contributed by atoms with Crippen LogP contribution in [0.2, 0.25) is 0 Å². The van der Waals surface area contributed by atoms with E-state index >= 15 is 0 Å². The number of methoxy groups -OCH3 is 1. The number of likely N-dealkylation sites (tertiary alicyclic amines) is 1. The third-order valence-corrected chi connectivity index (χ3v) is 7.06. The molecule has 2 aliphatic rings. The third-order valence-electron chi connectivity index (χ3n) is 5.68. The summed E-state index contributed by atoms with van der Waals surface area (Å²) < 4.78 is 34.3. The zero-order valence-electron chi connectivity index (χ0n) is 16.6. The fourth-order valence-corrected chi connectivity index (χ4v) is 5.33. The average molecular weight is 446 g/mol. The van der Waals surface area contributed by atoms with Gasteiger partial charge in [0.05, 0.1) is 12.0 Å². The van der Waals surface area contributed by atoms with Gasteiger partial charge >= 0.3 is 0 Å². The molecular weight excluding hydrogens is 426 g/mol. The van der Waals surface area contributed by atoms with Gasteiger partial charge in [-0.05, 0) is 48.7 Å². The van der Waals surface area contributed by atoms with Crippen molar-refractivity contribution in [3.8, 4) is 5.75 Å². The third kappa shape index (κ3) is 3.88. The van der Waals surface area contributed by atoms with Gasteiger partial charge in [0.1, 0.15) is 17.4 Å². The molecular formula is C20H20N3O7S-. The van der Waals surface area contributed by atoms with Gasteiger partial charge in [-0.15, -0.1) is 0 Å². The number of sulfonamides is 1. The number of amides is 1. The first-order chi connectivity index (χ1) is 14.7. The van der Waals surface area contributed by atoms with Crippen LogP contribution < -0.4 is 20.1 Å². The number of carbonyl (C=O) groups is 2. The smallest absolute Gasteiger partial charge is 0.275 e. The Morgan fingerprint density at radius 2 is 1.81 bits per heavy atom. The van der Waals surface area contributed by atoms with Crippen molar-refractivity contribution in [2.45, 2.75) is 23.8 Å². The van der Waals surface area contributed by atoms with Crippen LogP contribution in [0, 0.1) is 5.92 Å². The Morgan fingerprint density at radius 1 is 1.10 bits per heavy atom. The van der Waals surface area contributed by atoms with E-state index in [-0.39, 0.29) is 42.1 Å². The summed E-state index contributed by atoms with van der Waals surface area (Å²) in [5.74, 6) is -2.63. The highest BCUT2D eigenvalue weighted by molar-refractivity contribution is 7.92. The highest BCUT2D eigenvalue weighted by Gasteiger charge is 2.37. The van der Waals surface area contributed by atoms with Crippen molar-refractivity contribution >= 4 is 27.6 Å². The molecule has 0 spiro atoms. The van der Waals surface area contributed by atoms with E-state index < -0.39 is 27.5 Å². The molecule has 3 heterocycles.